The highest BCUT2D eigenvalue weighted by Gasteiger charge is 2.20. The van der Waals surface area contributed by atoms with Gasteiger partial charge in [-0.3, -0.25) is 4.99 Å². The van der Waals surface area contributed by atoms with Crippen LogP contribution in [0.1, 0.15) is 5.56 Å². The molecule has 122 valence electrons. The van der Waals surface area contributed by atoms with Crippen LogP contribution >= 0.6 is 23.2 Å². The molecule has 6 nitrogen and oxygen atoms in total. The van der Waals surface area contributed by atoms with Gasteiger partial charge < -0.3 is 20.9 Å². The summed E-state index contributed by atoms with van der Waals surface area (Å²) in [6, 6.07) is 5.02. The summed E-state index contributed by atoms with van der Waals surface area (Å²) in [6.45, 7) is 0. The Kier molecular flexibility index (Phi) is 5.18. The van der Waals surface area contributed by atoms with E-state index in [0.29, 0.717) is 44.2 Å². The minimum Gasteiger partial charge on any atom is -0.495 e. The number of aromatic nitrogens is 1. The van der Waals surface area contributed by atoms with E-state index in [1.165, 1.54) is 14.2 Å². The van der Waals surface area contributed by atoms with Crippen molar-refractivity contribution in [3.8, 4) is 22.8 Å². The lowest BCUT2D eigenvalue weighted by Gasteiger charge is -2.15. The van der Waals surface area contributed by atoms with Crippen molar-refractivity contribution >= 4 is 34.9 Å². The van der Waals surface area contributed by atoms with Crippen molar-refractivity contribution in [2.45, 2.75) is 0 Å². The summed E-state index contributed by atoms with van der Waals surface area (Å²) in [7, 11) is 4.58. The van der Waals surface area contributed by atoms with Crippen LogP contribution in [-0.4, -0.2) is 32.1 Å². The topological polar surface area (TPSA) is 95.8 Å². The van der Waals surface area contributed by atoms with Gasteiger partial charge in [0.05, 0.1) is 35.5 Å². The van der Waals surface area contributed by atoms with E-state index in [9.17, 15) is 0 Å². The molecule has 0 fully saturated rings. The molecule has 0 saturated carbocycles. The maximum atomic E-state index is 6.37. The zero-order valence-corrected chi connectivity index (χ0v) is 14.4. The molecule has 2 rings (SSSR count). The lowest BCUT2D eigenvalue weighted by atomic mass is 10.1. The van der Waals surface area contributed by atoms with Gasteiger partial charge in [-0.25, -0.2) is 4.98 Å². The minimum atomic E-state index is 0.222. The van der Waals surface area contributed by atoms with Crippen LogP contribution in [0, 0.1) is 0 Å². The van der Waals surface area contributed by atoms with Gasteiger partial charge in [0.2, 0.25) is 0 Å². The molecule has 1 heterocycles. The highest BCUT2D eigenvalue weighted by atomic mass is 35.5. The number of anilines is 1. The second kappa shape index (κ2) is 6.93. The van der Waals surface area contributed by atoms with E-state index in [4.69, 9.17) is 44.1 Å². The number of ether oxygens (including phenoxy) is 2. The quantitative estimate of drug-likeness (QED) is 0.649. The van der Waals surface area contributed by atoms with Gasteiger partial charge in [-0.05, 0) is 12.1 Å². The van der Waals surface area contributed by atoms with Gasteiger partial charge in [0.15, 0.2) is 0 Å². The molecule has 0 spiro atoms. The van der Waals surface area contributed by atoms with Crippen molar-refractivity contribution in [3.05, 3.63) is 33.8 Å². The van der Waals surface area contributed by atoms with Gasteiger partial charge in [-0.15, -0.1) is 0 Å². The number of methoxy groups -OCH3 is 2. The fourth-order valence-corrected chi connectivity index (χ4v) is 2.76. The van der Waals surface area contributed by atoms with E-state index in [2.05, 4.69) is 9.98 Å². The molecule has 0 aliphatic rings. The van der Waals surface area contributed by atoms with Crippen LogP contribution in [0.5, 0.6) is 11.5 Å². The first-order valence-electron chi connectivity index (χ1n) is 6.54. The van der Waals surface area contributed by atoms with Crippen LogP contribution in [0.3, 0.4) is 0 Å². The molecule has 0 saturated heterocycles. The van der Waals surface area contributed by atoms with Crippen LogP contribution < -0.4 is 20.9 Å². The Balaban J connectivity index is 2.69. The van der Waals surface area contributed by atoms with Gasteiger partial charge in [0.1, 0.15) is 23.2 Å². The first-order valence-corrected chi connectivity index (χ1v) is 7.29. The van der Waals surface area contributed by atoms with E-state index < -0.39 is 0 Å². The number of halogens is 2. The molecular weight excluding hydrogens is 339 g/mol. The molecule has 0 atom stereocenters. The summed E-state index contributed by atoms with van der Waals surface area (Å²) in [5.41, 5.74) is 13.2. The van der Waals surface area contributed by atoms with Gasteiger partial charge in [-0.2, -0.15) is 0 Å². The summed E-state index contributed by atoms with van der Waals surface area (Å²) in [5, 5.41) is 0.630. The molecule has 0 bridgehead atoms. The number of nitrogen functional groups attached to an aromatic ring is 1. The van der Waals surface area contributed by atoms with Crippen LogP contribution in [0.2, 0.25) is 10.0 Å². The predicted octanol–water partition coefficient (Wildman–Crippen LogP) is 2.99. The molecule has 8 heteroatoms. The molecule has 0 radical (unpaired) electrons. The number of hydrogen-bond acceptors (Lipinski definition) is 5. The number of amidine groups is 1. The highest BCUT2D eigenvalue weighted by molar-refractivity contribution is 6.41. The van der Waals surface area contributed by atoms with E-state index in [1.54, 1.807) is 25.2 Å². The first-order chi connectivity index (χ1) is 10.9. The second-order valence-corrected chi connectivity index (χ2v) is 5.28. The van der Waals surface area contributed by atoms with E-state index >= 15 is 0 Å². The van der Waals surface area contributed by atoms with Crippen molar-refractivity contribution < 1.29 is 9.47 Å². The van der Waals surface area contributed by atoms with Crippen molar-refractivity contribution in [1.29, 1.82) is 0 Å². The molecule has 4 N–H and O–H groups in total. The van der Waals surface area contributed by atoms with Crippen LogP contribution in [0.25, 0.3) is 11.3 Å². The maximum absolute atomic E-state index is 6.37. The van der Waals surface area contributed by atoms with Gasteiger partial charge in [-0.1, -0.05) is 23.2 Å². The third-order valence-corrected chi connectivity index (χ3v) is 4.02. The van der Waals surface area contributed by atoms with Crippen molar-refractivity contribution in [3.63, 3.8) is 0 Å². The number of aliphatic imine (C=N–C) groups is 1. The number of rotatable bonds is 4. The van der Waals surface area contributed by atoms with Crippen molar-refractivity contribution in [2.75, 3.05) is 27.0 Å². The standard InChI is InChI=1S/C15H16Cl2N4O2/c1-20-14(18)7-4-5-8(21-15(7)19)11-12(16)9(22-2)6-10(23-3)13(11)17/h4-6H,1-3H3,(H2,18,20)(H2,19,21). The molecule has 1 aromatic heterocycles. The summed E-state index contributed by atoms with van der Waals surface area (Å²) in [5.74, 6) is 1.35. The zero-order valence-electron chi connectivity index (χ0n) is 12.9. The number of hydrogen-bond donors (Lipinski definition) is 2. The molecule has 23 heavy (non-hydrogen) atoms. The fourth-order valence-electron chi connectivity index (χ4n) is 2.06. The zero-order chi connectivity index (χ0) is 17.1. The van der Waals surface area contributed by atoms with E-state index in [0.717, 1.165) is 0 Å². The highest BCUT2D eigenvalue weighted by Crippen LogP contribution is 2.45. The Labute approximate surface area is 144 Å². The Hall–Kier alpha value is -2.18. The Morgan fingerprint density at radius 3 is 2.13 bits per heavy atom. The largest absolute Gasteiger partial charge is 0.495 e. The molecule has 0 amide bonds. The number of pyridine rings is 1. The lowest BCUT2D eigenvalue weighted by Crippen LogP contribution is -2.16. The van der Waals surface area contributed by atoms with Crippen molar-refractivity contribution in [1.82, 2.24) is 4.98 Å². The average molecular weight is 355 g/mol. The summed E-state index contributed by atoms with van der Waals surface area (Å²) in [4.78, 5) is 8.22. The summed E-state index contributed by atoms with van der Waals surface area (Å²) in [6.07, 6.45) is 0. The fraction of sp³-hybridized carbons (Fsp3) is 0.200. The lowest BCUT2D eigenvalue weighted by molar-refractivity contribution is 0.395. The second-order valence-electron chi connectivity index (χ2n) is 4.52. The normalized spacial score (nSPS) is 11.4. The van der Waals surface area contributed by atoms with Gasteiger partial charge in [0.25, 0.3) is 0 Å². The monoisotopic (exact) mass is 354 g/mol. The molecule has 0 aliphatic heterocycles. The minimum absolute atomic E-state index is 0.222. The molecule has 1 aromatic carbocycles. The Morgan fingerprint density at radius 1 is 1.13 bits per heavy atom. The number of nitrogens with two attached hydrogens (primary N) is 2. The maximum Gasteiger partial charge on any atom is 0.141 e. The van der Waals surface area contributed by atoms with Crippen LogP contribution in [0.15, 0.2) is 23.2 Å². The SMILES string of the molecule is CN=C(N)c1ccc(-c2c(Cl)c(OC)cc(OC)c2Cl)nc1N. The first kappa shape index (κ1) is 17.2. The molecule has 0 aliphatic carbocycles. The van der Waals surface area contributed by atoms with E-state index in [-0.39, 0.29) is 5.82 Å². The summed E-state index contributed by atoms with van der Waals surface area (Å²) < 4.78 is 10.5. The average Bonchev–Trinajstić information content (AvgIpc) is 2.54. The third-order valence-electron chi connectivity index (χ3n) is 3.27. The molecule has 2 aromatic rings. The van der Waals surface area contributed by atoms with Crippen molar-refractivity contribution in [2.24, 2.45) is 10.7 Å². The Bertz CT molecular complexity index is 750. The summed E-state index contributed by atoms with van der Waals surface area (Å²) >= 11 is 12.7. The van der Waals surface area contributed by atoms with E-state index in [1.807, 2.05) is 0 Å². The molecule has 0 unspecified atom stereocenters. The van der Waals surface area contributed by atoms with Gasteiger partial charge in [0, 0.05) is 18.7 Å². The predicted molar refractivity (Wildman–Crippen MR) is 93.9 cm³/mol. The Morgan fingerprint density at radius 2 is 1.70 bits per heavy atom. The van der Waals surface area contributed by atoms with Gasteiger partial charge >= 0.3 is 0 Å². The van der Waals surface area contributed by atoms with Crippen LogP contribution in [0.4, 0.5) is 5.82 Å². The van der Waals surface area contributed by atoms with Crippen LogP contribution in [-0.2, 0) is 0 Å². The number of nitrogens with zero attached hydrogens (tertiary/aromatic N) is 2. The smallest absolute Gasteiger partial charge is 0.141 e. The third kappa shape index (κ3) is 3.13. The molecular formula is C15H16Cl2N4O2. The number of benzene rings is 1.